The number of halogens is 3. The van der Waals surface area contributed by atoms with Gasteiger partial charge in [-0.15, -0.1) is 0 Å². The fourth-order valence-corrected chi connectivity index (χ4v) is 2.79. The van der Waals surface area contributed by atoms with Gasteiger partial charge < -0.3 is 10.6 Å². The number of benzene rings is 1. The monoisotopic (exact) mass is 310 g/mol. The maximum atomic E-state index is 13.0. The highest BCUT2D eigenvalue weighted by Crippen LogP contribution is 2.34. The van der Waals surface area contributed by atoms with Gasteiger partial charge in [-0.05, 0) is 25.0 Å². The molecule has 0 unspecified atom stereocenters. The van der Waals surface area contributed by atoms with E-state index in [1.807, 2.05) is 0 Å². The van der Waals surface area contributed by atoms with Crippen molar-refractivity contribution in [1.29, 1.82) is 0 Å². The van der Waals surface area contributed by atoms with E-state index in [0.29, 0.717) is 11.8 Å². The van der Waals surface area contributed by atoms with Crippen LogP contribution in [0, 0.1) is 0 Å². The number of alkyl halides is 3. The molecule has 0 bridgehead atoms. The fourth-order valence-electron chi connectivity index (χ4n) is 2.79. The Kier molecular flexibility index (Phi) is 3.38. The average Bonchev–Trinajstić information content (AvgIpc) is 2.96. The first-order chi connectivity index (χ1) is 10.4. The number of aromatic nitrogens is 2. The van der Waals surface area contributed by atoms with Gasteiger partial charge in [0.1, 0.15) is 18.2 Å². The molecule has 0 spiro atoms. The molecule has 1 atom stereocenters. The maximum absolute atomic E-state index is 13.0. The Balaban J connectivity index is 2.04. The number of hydrogen-bond acceptors (Lipinski definition) is 4. The summed E-state index contributed by atoms with van der Waals surface area (Å²) in [5, 5.41) is 0.455. The Morgan fingerprint density at radius 1 is 1.32 bits per heavy atom. The minimum absolute atomic E-state index is 0.0723. The van der Waals surface area contributed by atoms with Crippen molar-refractivity contribution in [2.24, 2.45) is 0 Å². The molecule has 3 rings (SSSR count). The van der Waals surface area contributed by atoms with Crippen LogP contribution in [-0.2, 0) is 0 Å². The van der Waals surface area contributed by atoms with Gasteiger partial charge in [0.05, 0.1) is 11.1 Å². The summed E-state index contributed by atoms with van der Waals surface area (Å²) in [4.78, 5) is 21.2. The summed E-state index contributed by atoms with van der Waals surface area (Å²) in [6.45, 7) is 0.0833. The topological polar surface area (TPSA) is 72.1 Å². The molecule has 1 fully saturated rings. The second-order valence-corrected chi connectivity index (χ2v) is 5.16. The zero-order valence-electron chi connectivity index (χ0n) is 11.5. The highest BCUT2D eigenvalue weighted by atomic mass is 19.4. The van der Waals surface area contributed by atoms with Crippen molar-refractivity contribution < 1.29 is 18.0 Å². The Hall–Kier alpha value is -2.38. The van der Waals surface area contributed by atoms with Gasteiger partial charge >= 0.3 is 6.18 Å². The van der Waals surface area contributed by atoms with E-state index in [2.05, 4.69) is 9.97 Å². The van der Waals surface area contributed by atoms with Crippen LogP contribution in [0.2, 0.25) is 0 Å². The van der Waals surface area contributed by atoms with Crippen LogP contribution in [0.15, 0.2) is 24.5 Å². The summed E-state index contributed by atoms with van der Waals surface area (Å²) in [6, 6.07) is 2.91. The number of para-hydroxylation sites is 1. The van der Waals surface area contributed by atoms with E-state index in [4.69, 9.17) is 5.73 Å². The maximum Gasteiger partial charge on any atom is 0.408 e. The summed E-state index contributed by atoms with van der Waals surface area (Å²) in [7, 11) is 0. The molecule has 1 aromatic carbocycles. The summed E-state index contributed by atoms with van der Waals surface area (Å²) in [5.74, 6) is -0.489. The standard InChI is InChI=1S/C14H13F3N4O/c15-14(16,17)10-5-2-6-21(10)13(22)9-4-1-3-8-11(9)19-7-20-12(8)18/h1,3-4,7,10H,2,5-6H2,(H2,18,19,20)/t10-/m0/s1. The van der Waals surface area contributed by atoms with Crippen molar-refractivity contribution in [1.82, 2.24) is 14.9 Å². The molecule has 1 aromatic heterocycles. The number of rotatable bonds is 1. The lowest BCUT2D eigenvalue weighted by Gasteiger charge is -2.26. The first-order valence-electron chi connectivity index (χ1n) is 6.76. The SMILES string of the molecule is Nc1ncnc2c(C(=O)N3CCC[C@H]3C(F)(F)F)cccc12. The fraction of sp³-hybridized carbons (Fsp3) is 0.357. The van der Waals surface area contributed by atoms with Crippen molar-refractivity contribution in [3.05, 3.63) is 30.1 Å². The number of fused-ring (bicyclic) bond motifs is 1. The number of nitrogens with two attached hydrogens (primary N) is 1. The third-order valence-corrected chi connectivity index (χ3v) is 3.82. The van der Waals surface area contributed by atoms with E-state index in [-0.39, 0.29) is 29.9 Å². The van der Waals surface area contributed by atoms with Gasteiger partial charge in [0.15, 0.2) is 0 Å². The van der Waals surface area contributed by atoms with Gasteiger partial charge in [0, 0.05) is 11.9 Å². The van der Waals surface area contributed by atoms with Crippen molar-refractivity contribution in [2.45, 2.75) is 25.1 Å². The lowest BCUT2D eigenvalue weighted by molar-refractivity contribution is -0.169. The van der Waals surface area contributed by atoms with E-state index in [9.17, 15) is 18.0 Å². The van der Waals surface area contributed by atoms with Crippen molar-refractivity contribution >= 4 is 22.6 Å². The highest BCUT2D eigenvalue weighted by Gasteiger charge is 2.48. The van der Waals surface area contributed by atoms with Crippen molar-refractivity contribution in [3.8, 4) is 0 Å². The molecule has 1 amide bonds. The Labute approximate surface area is 123 Å². The second-order valence-electron chi connectivity index (χ2n) is 5.16. The quantitative estimate of drug-likeness (QED) is 0.878. The van der Waals surface area contributed by atoms with Crippen LogP contribution >= 0.6 is 0 Å². The van der Waals surface area contributed by atoms with E-state index in [0.717, 1.165) is 4.90 Å². The highest BCUT2D eigenvalue weighted by molar-refractivity contribution is 6.07. The molecule has 2 heterocycles. The molecule has 5 nitrogen and oxygen atoms in total. The summed E-state index contributed by atoms with van der Waals surface area (Å²) in [6.07, 6.45) is -2.97. The normalized spacial score (nSPS) is 18.9. The van der Waals surface area contributed by atoms with Gasteiger partial charge in [0.25, 0.3) is 5.91 Å². The third-order valence-electron chi connectivity index (χ3n) is 3.82. The molecule has 0 aliphatic carbocycles. The molecule has 1 aliphatic rings. The predicted molar refractivity (Wildman–Crippen MR) is 74.1 cm³/mol. The molecule has 2 aromatic rings. The number of carbonyl (C=O) groups is 1. The van der Waals surface area contributed by atoms with Crippen LogP contribution in [0.25, 0.3) is 10.9 Å². The molecule has 1 aliphatic heterocycles. The van der Waals surface area contributed by atoms with Crippen LogP contribution in [-0.4, -0.2) is 39.5 Å². The van der Waals surface area contributed by atoms with Gasteiger partial charge in [-0.3, -0.25) is 4.79 Å². The van der Waals surface area contributed by atoms with Gasteiger partial charge in [-0.1, -0.05) is 6.07 Å². The largest absolute Gasteiger partial charge is 0.408 e. The Morgan fingerprint density at radius 2 is 2.09 bits per heavy atom. The van der Waals surface area contributed by atoms with Gasteiger partial charge in [-0.25, -0.2) is 9.97 Å². The first-order valence-corrected chi connectivity index (χ1v) is 6.76. The Morgan fingerprint density at radius 3 is 2.82 bits per heavy atom. The first kappa shape index (κ1) is 14.6. The molecule has 8 heteroatoms. The van der Waals surface area contributed by atoms with E-state index in [1.165, 1.54) is 12.4 Å². The zero-order chi connectivity index (χ0) is 15.9. The molecule has 0 radical (unpaired) electrons. The lowest BCUT2D eigenvalue weighted by Crippen LogP contribution is -2.44. The molecule has 116 valence electrons. The van der Waals surface area contributed by atoms with Crippen LogP contribution < -0.4 is 5.73 Å². The Bertz CT molecular complexity index is 732. The van der Waals surface area contributed by atoms with E-state index >= 15 is 0 Å². The van der Waals surface area contributed by atoms with Gasteiger partial charge in [-0.2, -0.15) is 13.2 Å². The molecule has 0 saturated carbocycles. The molecule has 22 heavy (non-hydrogen) atoms. The van der Waals surface area contributed by atoms with Crippen molar-refractivity contribution in [3.63, 3.8) is 0 Å². The number of amides is 1. The number of nitrogen functional groups attached to an aromatic ring is 1. The molecular weight excluding hydrogens is 297 g/mol. The van der Waals surface area contributed by atoms with E-state index in [1.54, 1.807) is 12.1 Å². The minimum Gasteiger partial charge on any atom is -0.383 e. The zero-order valence-corrected chi connectivity index (χ0v) is 11.5. The lowest BCUT2D eigenvalue weighted by atomic mass is 10.1. The number of carbonyl (C=O) groups excluding carboxylic acids is 1. The van der Waals surface area contributed by atoms with Crippen LogP contribution in [0.3, 0.4) is 0 Å². The summed E-state index contributed by atoms with van der Waals surface area (Å²) >= 11 is 0. The van der Waals surface area contributed by atoms with Crippen molar-refractivity contribution in [2.75, 3.05) is 12.3 Å². The van der Waals surface area contributed by atoms with E-state index < -0.39 is 18.1 Å². The smallest absolute Gasteiger partial charge is 0.383 e. The number of nitrogens with zero attached hydrogens (tertiary/aromatic N) is 3. The van der Waals surface area contributed by atoms with Gasteiger partial charge in [0.2, 0.25) is 0 Å². The molecular formula is C14H13F3N4O. The molecule has 1 saturated heterocycles. The molecule has 2 N–H and O–H groups in total. The van der Waals surface area contributed by atoms with Crippen LogP contribution in [0.1, 0.15) is 23.2 Å². The number of anilines is 1. The average molecular weight is 310 g/mol. The predicted octanol–water partition coefficient (Wildman–Crippen LogP) is 2.38. The minimum atomic E-state index is -4.43. The summed E-state index contributed by atoms with van der Waals surface area (Å²) < 4.78 is 39.1. The second kappa shape index (κ2) is 5.11. The number of hydrogen-bond donors (Lipinski definition) is 1. The van der Waals surface area contributed by atoms with Crippen LogP contribution in [0.4, 0.5) is 19.0 Å². The third kappa shape index (κ3) is 2.34. The number of likely N-dealkylation sites (tertiary alicyclic amines) is 1. The van der Waals surface area contributed by atoms with Crippen LogP contribution in [0.5, 0.6) is 0 Å². The summed E-state index contributed by atoms with van der Waals surface area (Å²) in [5.41, 5.74) is 6.10.